The lowest BCUT2D eigenvalue weighted by molar-refractivity contribution is -0.342. The zero-order valence-electron chi connectivity index (χ0n) is 9.89. The van der Waals surface area contributed by atoms with Gasteiger partial charge < -0.3 is 4.74 Å². The van der Waals surface area contributed by atoms with E-state index >= 15 is 0 Å². The van der Waals surface area contributed by atoms with Crippen molar-refractivity contribution >= 4 is 12.6 Å². The molecule has 1 aromatic carbocycles. The van der Waals surface area contributed by atoms with E-state index in [4.69, 9.17) is 5.26 Å². The normalized spacial score (nSPS) is 13.1. The van der Waals surface area contributed by atoms with Crippen molar-refractivity contribution in [1.29, 1.82) is 5.26 Å². The molecule has 0 aliphatic rings. The molecule has 0 N–H and O–H groups in total. The highest BCUT2D eigenvalue weighted by Gasteiger charge is 2.70. The average molecular weight is 333 g/mol. The van der Waals surface area contributed by atoms with E-state index in [-0.39, 0.29) is 5.56 Å². The maximum absolute atomic E-state index is 12.9. The molecule has 0 saturated carbocycles. The van der Waals surface area contributed by atoms with Crippen molar-refractivity contribution in [1.82, 2.24) is 0 Å². The monoisotopic (exact) mass is 333 g/mol. The van der Waals surface area contributed by atoms with Crippen LogP contribution in [0.4, 0.5) is 30.7 Å². The zero-order chi connectivity index (χ0) is 16.5. The van der Waals surface area contributed by atoms with Crippen LogP contribution in [0.2, 0.25) is 0 Å². The second-order valence-corrected chi connectivity index (χ2v) is 4.47. The van der Waals surface area contributed by atoms with Crippen LogP contribution >= 0.6 is 12.6 Å². The third-order valence-corrected chi connectivity index (χ3v) is 3.03. The van der Waals surface area contributed by atoms with E-state index in [9.17, 15) is 30.7 Å². The third-order valence-electron chi connectivity index (χ3n) is 2.39. The van der Waals surface area contributed by atoms with Gasteiger partial charge in [0.1, 0.15) is 5.82 Å². The maximum atomic E-state index is 12.9. The Bertz CT molecular complexity index is 547. The van der Waals surface area contributed by atoms with Crippen LogP contribution in [0.25, 0.3) is 0 Å². The predicted molar refractivity (Wildman–Crippen MR) is 59.7 cm³/mol. The van der Waals surface area contributed by atoms with Gasteiger partial charge in [-0.3, -0.25) is 0 Å². The minimum absolute atomic E-state index is 0.309. The fourth-order valence-electron chi connectivity index (χ4n) is 1.30. The Hall–Kier alpha value is -1.47. The summed E-state index contributed by atoms with van der Waals surface area (Å²) in [5.74, 6) is -0.934. The molecule has 0 aliphatic heterocycles. The smallest absolute Gasteiger partial charge is 0.344 e. The highest BCUT2D eigenvalue weighted by Crippen LogP contribution is 2.48. The Morgan fingerprint density at radius 2 is 1.62 bits per heavy atom. The van der Waals surface area contributed by atoms with Crippen LogP contribution in [0, 0.1) is 17.1 Å². The summed E-state index contributed by atoms with van der Waals surface area (Å²) in [6.07, 6.45) is -11.7. The Morgan fingerprint density at radius 3 is 2.05 bits per heavy atom. The van der Waals surface area contributed by atoms with Crippen molar-refractivity contribution < 1.29 is 35.5 Å². The summed E-state index contributed by atoms with van der Waals surface area (Å²) in [7, 11) is 0. The van der Waals surface area contributed by atoms with E-state index in [1.807, 2.05) is 0 Å². The van der Waals surface area contributed by atoms with Gasteiger partial charge in [0.15, 0.2) is 0 Å². The highest BCUT2D eigenvalue weighted by atomic mass is 32.1. The fourth-order valence-corrected chi connectivity index (χ4v) is 1.36. The quantitative estimate of drug-likeness (QED) is 0.516. The number of hydrogen-bond acceptors (Lipinski definition) is 3. The van der Waals surface area contributed by atoms with Gasteiger partial charge in [0, 0.05) is 0 Å². The van der Waals surface area contributed by atoms with Crippen LogP contribution in [0.3, 0.4) is 0 Å². The molecule has 0 fully saturated rings. The standard InChI is InChI=1S/C11H6F7NOS/c12-8-2-1-6(4-19)7(3-8)5-20-9(21,10(13,14)15)11(16,17)18/h1-3,21H,5H2. The van der Waals surface area contributed by atoms with E-state index in [0.29, 0.717) is 6.07 Å². The number of thiol groups is 1. The largest absolute Gasteiger partial charge is 0.436 e. The van der Waals surface area contributed by atoms with E-state index < -0.39 is 35.3 Å². The first-order valence-corrected chi connectivity index (χ1v) is 5.55. The van der Waals surface area contributed by atoms with Crippen molar-refractivity contribution in [2.45, 2.75) is 23.9 Å². The molecule has 2 nitrogen and oxygen atoms in total. The Morgan fingerprint density at radius 1 is 1.10 bits per heavy atom. The van der Waals surface area contributed by atoms with Crippen LogP contribution in [-0.4, -0.2) is 17.3 Å². The van der Waals surface area contributed by atoms with Crippen LogP contribution in [-0.2, 0) is 11.3 Å². The van der Waals surface area contributed by atoms with Crippen molar-refractivity contribution in [2.75, 3.05) is 0 Å². The molecule has 10 heteroatoms. The molecule has 0 aliphatic carbocycles. The number of nitrogens with zero attached hydrogens (tertiary/aromatic N) is 1. The lowest BCUT2D eigenvalue weighted by Gasteiger charge is -2.32. The summed E-state index contributed by atoms with van der Waals surface area (Å²) < 4.78 is 91.8. The lowest BCUT2D eigenvalue weighted by Crippen LogP contribution is -2.54. The number of alkyl halides is 6. The molecule has 0 amide bonds. The van der Waals surface area contributed by atoms with E-state index in [1.54, 1.807) is 0 Å². The Balaban J connectivity index is 3.10. The minimum atomic E-state index is -5.85. The van der Waals surface area contributed by atoms with Gasteiger partial charge in [0.2, 0.25) is 0 Å². The molecule has 0 unspecified atom stereocenters. The maximum Gasteiger partial charge on any atom is 0.436 e. The topological polar surface area (TPSA) is 33.0 Å². The molecular formula is C11H6F7NOS. The Kier molecular flexibility index (Phi) is 4.80. The second kappa shape index (κ2) is 5.73. The van der Waals surface area contributed by atoms with Crippen LogP contribution in [0.5, 0.6) is 0 Å². The first kappa shape index (κ1) is 17.6. The molecule has 0 aromatic heterocycles. The lowest BCUT2D eigenvalue weighted by atomic mass is 10.1. The van der Waals surface area contributed by atoms with Gasteiger partial charge >= 0.3 is 17.3 Å². The van der Waals surface area contributed by atoms with Gasteiger partial charge in [-0.15, -0.1) is 12.6 Å². The van der Waals surface area contributed by atoms with Gasteiger partial charge in [-0.1, -0.05) is 0 Å². The first-order valence-electron chi connectivity index (χ1n) is 5.10. The van der Waals surface area contributed by atoms with Crippen molar-refractivity contribution in [2.24, 2.45) is 0 Å². The van der Waals surface area contributed by atoms with E-state index in [2.05, 4.69) is 17.4 Å². The number of rotatable bonds is 3. The van der Waals surface area contributed by atoms with Gasteiger partial charge in [-0.05, 0) is 23.8 Å². The summed E-state index contributed by atoms with van der Waals surface area (Å²) in [5, 5.41) is 8.67. The van der Waals surface area contributed by atoms with Crippen molar-refractivity contribution in [3.63, 3.8) is 0 Å². The van der Waals surface area contributed by atoms with Gasteiger partial charge in [0.25, 0.3) is 0 Å². The van der Waals surface area contributed by atoms with E-state index in [1.165, 1.54) is 6.07 Å². The number of hydrogen-bond donors (Lipinski definition) is 1. The molecule has 1 aromatic rings. The molecule has 21 heavy (non-hydrogen) atoms. The fraction of sp³-hybridized carbons (Fsp3) is 0.364. The molecule has 0 atom stereocenters. The number of benzene rings is 1. The summed E-state index contributed by atoms with van der Waals surface area (Å²) >= 11 is 2.55. The second-order valence-electron chi connectivity index (χ2n) is 3.84. The van der Waals surface area contributed by atoms with E-state index in [0.717, 1.165) is 12.1 Å². The zero-order valence-corrected chi connectivity index (χ0v) is 10.8. The molecule has 1 rings (SSSR count). The Labute approximate surface area is 119 Å². The van der Waals surface area contributed by atoms with Crippen molar-refractivity contribution in [3.8, 4) is 6.07 Å². The molecule has 116 valence electrons. The van der Waals surface area contributed by atoms with Gasteiger partial charge in [0.05, 0.1) is 18.2 Å². The molecule has 0 radical (unpaired) electrons. The summed E-state index contributed by atoms with van der Waals surface area (Å²) in [6.45, 7) is -1.29. The molecule has 0 saturated heterocycles. The molecule has 0 bridgehead atoms. The van der Waals surface area contributed by atoms with Crippen LogP contribution in [0.15, 0.2) is 18.2 Å². The average Bonchev–Trinajstić information content (AvgIpc) is 2.33. The number of nitriles is 1. The van der Waals surface area contributed by atoms with Gasteiger partial charge in [-0.2, -0.15) is 31.6 Å². The van der Waals surface area contributed by atoms with Gasteiger partial charge in [-0.25, -0.2) is 4.39 Å². The molecule has 0 heterocycles. The molecule has 0 spiro atoms. The summed E-state index contributed by atoms with van der Waals surface area (Å²) in [4.78, 5) is -4.72. The first-order chi connectivity index (χ1) is 9.42. The summed E-state index contributed by atoms with van der Waals surface area (Å²) in [5.41, 5.74) is -0.763. The SMILES string of the molecule is N#Cc1ccc(F)cc1COC(S)(C(F)(F)F)C(F)(F)F. The molecular weight excluding hydrogens is 327 g/mol. The summed E-state index contributed by atoms with van der Waals surface area (Å²) in [6, 6.07) is 3.86. The highest BCUT2D eigenvalue weighted by molar-refractivity contribution is 7.81. The number of ether oxygens (including phenoxy) is 1. The van der Waals surface area contributed by atoms with Crippen LogP contribution in [0.1, 0.15) is 11.1 Å². The third kappa shape index (κ3) is 3.59. The number of halogens is 7. The van der Waals surface area contributed by atoms with Crippen molar-refractivity contribution in [3.05, 3.63) is 35.1 Å². The minimum Gasteiger partial charge on any atom is -0.344 e. The van der Waals surface area contributed by atoms with Crippen LogP contribution < -0.4 is 0 Å². The predicted octanol–water partition coefficient (Wildman–Crippen LogP) is 3.96.